The van der Waals surface area contributed by atoms with Gasteiger partial charge in [0, 0.05) is 34.9 Å². The van der Waals surface area contributed by atoms with Crippen LogP contribution in [-0.2, 0) is 41.0 Å². The lowest BCUT2D eigenvalue weighted by Gasteiger charge is -2.34. The van der Waals surface area contributed by atoms with Gasteiger partial charge in [-0.1, -0.05) is 24.3 Å². The molecule has 2 amide bonds. The van der Waals surface area contributed by atoms with Gasteiger partial charge in [0.15, 0.2) is 0 Å². The molecule has 6 heterocycles. The van der Waals surface area contributed by atoms with E-state index < -0.39 is 59.5 Å². The van der Waals surface area contributed by atoms with Crippen molar-refractivity contribution >= 4 is 108 Å². The maximum Gasteiger partial charge on any atom is 0.416 e. The molecule has 4 aromatic rings. The second-order valence-electron chi connectivity index (χ2n) is 13.8. The number of hydrogen-bond donors (Lipinski definition) is 3. The molecule has 25 heteroatoms. The topological polar surface area (TPSA) is 166 Å². The average Bonchev–Trinajstić information content (AvgIpc) is 3.99. The summed E-state index contributed by atoms with van der Waals surface area (Å²) in [6.07, 6.45) is -7.51. The number of nitrogens with zero attached hydrogens (tertiary/aromatic N) is 3. The van der Waals surface area contributed by atoms with Crippen LogP contribution in [0.1, 0.15) is 47.9 Å². The first-order valence-corrected chi connectivity index (χ1v) is 24.7. The first-order chi connectivity index (χ1) is 28.4. The number of nitrogens with one attached hydrogen (secondary N) is 3. The highest BCUT2D eigenvalue weighted by Gasteiger charge is 2.48. The molecule has 2 spiro atoms. The maximum atomic E-state index is 13.0. The third-order valence-corrected chi connectivity index (χ3v) is 17.5. The van der Waals surface area contributed by atoms with Gasteiger partial charge in [-0.2, -0.15) is 30.6 Å². The number of hydrogen-bond acceptors (Lipinski definition) is 11. The summed E-state index contributed by atoms with van der Waals surface area (Å²) in [5.41, 5.74) is -3.13. The van der Waals surface area contributed by atoms with Crippen molar-refractivity contribution in [3.8, 4) is 0 Å². The summed E-state index contributed by atoms with van der Waals surface area (Å²) in [6.45, 7) is 1.52. The van der Waals surface area contributed by atoms with Crippen LogP contribution in [0, 0.1) is 0 Å². The number of benzene rings is 2. The Bertz CT molecular complexity index is 2610. The molecule has 2 aromatic heterocycles. The second-order valence-corrected chi connectivity index (χ2v) is 23.6. The minimum absolute atomic E-state index is 0.0737. The van der Waals surface area contributed by atoms with E-state index in [-0.39, 0.29) is 63.1 Å². The monoisotopic (exact) mass is 1080 g/mol. The Morgan fingerprint density at radius 2 is 1.08 bits per heavy atom. The molecular formula is C36H31Br2ClF6N6O6S4. The molecule has 328 valence electrons. The van der Waals surface area contributed by atoms with Crippen LogP contribution in [-0.4, -0.2) is 81.9 Å². The Balaban J connectivity index is 0.000000173. The third kappa shape index (κ3) is 10.9. The SMILES string of the molecule is O=C1NC(c2cccc(C(F)(F)F)c2)=NC12CCN(S(=O)(=O)c1ccc(Br)s1)CC2.O=C1NC(c2cccc(C(F)(F)F)c2)=NC12CCNCC2.O=S(=O)(Cl)c1ccc(Br)s1. The van der Waals surface area contributed by atoms with Crippen molar-refractivity contribution in [1.29, 1.82) is 0 Å². The molecule has 4 aliphatic rings. The van der Waals surface area contributed by atoms with E-state index in [4.69, 9.17) is 10.7 Å². The van der Waals surface area contributed by atoms with E-state index in [0.717, 1.165) is 50.7 Å². The summed E-state index contributed by atoms with van der Waals surface area (Å²) < 4.78 is 127. The number of carbonyl (C=O) groups is 2. The fraction of sp³-hybridized carbons (Fsp3) is 0.333. The van der Waals surface area contributed by atoms with Gasteiger partial charge < -0.3 is 16.0 Å². The number of halogens is 9. The van der Waals surface area contributed by atoms with Crippen LogP contribution in [0.4, 0.5) is 26.3 Å². The third-order valence-electron chi connectivity index (χ3n) is 9.80. The lowest BCUT2D eigenvalue weighted by Crippen LogP contribution is -2.50. The molecule has 4 aliphatic heterocycles. The van der Waals surface area contributed by atoms with Gasteiger partial charge in [-0.3, -0.25) is 19.6 Å². The zero-order valence-electron chi connectivity index (χ0n) is 30.9. The number of alkyl halides is 6. The van der Waals surface area contributed by atoms with Gasteiger partial charge in [-0.25, -0.2) is 16.8 Å². The van der Waals surface area contributed by atoms with E-state index in [2.05, 4.69) is 57.8 Å². The molecule has 8 rings (SSSR count). The van der Waals surface area contributed by atoms with E-state index in [1.807, 2.05) is 0 Å². The number of sulfonamides is 1. The van der Waals surface area contributed by atoms with Gasteiger partial charge in [0.1, 0.15) is 31.2 Å². The van der Waals surface area contributed by atoms with Crippen molar-refractivity contribution in [3.63, 3.8) is 0 Å². The Hall–Kier alpha value is -3.23. The molecule has 2 aromatic carbocycles. The average molecular weight is 1080 g/mol. The molecule has 0 bridgehead atoms. The molecule has 3 N–H and O–H groups in total. The van der Waals surface area contributed by atoms with E-state index in [9.17, 15) is 52.8 Å². The van der Waals surface area contributed by atoms with Crippen molar-refractivity contribution in [2.75, 3.05) is 26.2 Å². The number of rotatable bonds is 5. The molecule has 2 saturated heterocycles. The van der Waals surface area contributed by atoms with E-state index >= 15 is 0 Å². The van der Waals surface area contributed by atoms with Crippen LogP contribution in [0.3, 0.4) is 0 Å². The number of aliphatic imine (C=N–C) groups is 2. The number of amides is 2. The summed E-state index contributed by atoms with van der Waals surface area (Å²) in [5, 5.41) is 8.34. The number of piperidine rings is 2. The first-order valence-electron chi connectivity index (χ1n) is 17.8. The predicted octanol–water partition coefficient (Wildman–Crippen LogP) is 7.77. The molecule has 0 unspecified atom stereocenters. The minimum atomic E-state index is -4.51. The van der Waals surface area contributed by atoms with Gasteiger partial charge in [0.25, 0.3) is 30.9 Å². The Morgan fingerprint density at radius 1 is 0.656 bits per heavy atom. The van der Waals surface area contributed by atoms with E-state index in [0.29, 0.717) is 29.7 Å². The fourth-order valence-corrected chi connectivity index (χ4v) is 13.0. The predicted molar refractivity (Wildman–Crippen MR) is 225 cm³/mol. The quantitative estimate of drug-likeness (QED) is 0.136. The van der Waals surface area contributed by atoms with Crippen LogP contribution in [0.2, 0.25) is 0 Å². The number of carbonyl (C=O) groups excluding carboxylic acids is 2. The Morgan fingerprint density at radius 3 is 1.46 bits per heavy atom. The maximum absolute atomic E-state index is 13.0. The highest BCUT2D eigenvalue weighted by molar-refractivity contribution is 9.11. The smallest absolute Gasteiger partial charge is 0.317 e. The molecule has 0 aliphatic carbocycles. The lowest BCUT2D eigenvalue weighted by molar-refractivity contribution is -0.138. The van der Waals surface area contributed by atoms with Crippen LogP contribution < -0.4 is 16.0 Å². The van der Waals surface area contributed by atoms with Crippen molar-refractivity contribution in [2.24, 2.45) is 9.98 Å². The van der Waals surface area contributed by atoms with Gasteiger partial charge in [-0.05, 0) is 119 Å². The van der Waals surface area contributed by atoms with Crippen LogP contribution in [0.25, 0.3) is 0 Å². The van der Waals surface area contributed by atoms with Crippen LogP contribution >= 0.6 is 65.2 Å². The molecule has 61 heavy (non-hydrogen) atoms. The Kier molecular flexibility index (Phi) is 14.0. The van der Waals surface area contributed by atoms with Crippen molar-refractivity contribution in [1.82, 2.24) is 20.3 Å². The first kappa shape index (κ1) is 47.3. The largest absolute Gasteiger partial charge is 0.416 e. The van der Waals surface area contributed by atoms with Gasteiger partial charge in [0.2, 0.25) is 0 Å². The number of amidine groups is 2. The number of thiophene rings is 2. The molecule has 0 atom stereocenters. The highest BCUT2D eigenvalue weighted by Crippen LogP contribution is 2.37. The second kappa shape index (κ2) is 18.1. The highest BCUT2D eigenvalue weighted by atomic mass is 79.9. The summed E-state index contributed by atoms with van der Waals surface area (Å²) >= 11 is 8.56. The molecule has 2 fully saturated rings. The normalized spacial score (nSPS) is 19.0. The summed E-state index contributed by atoms with van der Waals surface area (Å²) in [6, 6.07) is 15.7. The Labute approximate surface area is 374 Å². The molecular weight excluding hydrogens is 1050 g/mol. The zero-order valence-corrected chi connectivity index (χ0v) is 38.1. The van der Waals surface area contributed by atoms with Gasteiger partial charge >= 0.3 is 12.4 Å². The van der Waals surface area contributed by atoms with Gasteiger partial charge in [0.05, 0.1) is 18.7 Å². The lowest BCUT2D eigenvalue weighted by atomic mass is 9.89. The van der Waals surface area contributed by atoms with Crippen molar-refractivity contribution in [3.05, 3.63) is 103 Å². The molecule has 12 nitrogen and oxygen atoms in total. The minimum Gasteiger partial charge on any atom is -0.317 e. The van der Waals surface area contributed by atoms with Crippen molar-refractivity contribution in [2.45, 2.75) is 57.5 Å². The van der Waals surface area contributed by atoms with E-state index in [1.165, 1.54) is 40.7 Å². The van der Waals surface area contributed by atoms with Crippen LogP contribution in [0.5, 0.6) is 0 Å². The van der Waals surface area contributed by atoms with Crippen molar-refractivity contribution < 1.29 is 52.8 Å². The van der Waals surface area contributed by atoms with Crippen LogP contribution in [0.15, 0.2) is 98.8 Å². The standard InChI is InChI=1S/C18H15BrF3N3O3S2.C14H14F3N3O.C4H2BrClO2S2/c19-13-4-5-14(29-13)30(27,28)25-8-6-17(7-9-25)16(26)23-15(24-17)11-2-1-3-12(10-11)18(20,21)22;15-14(16,17)10-3-1-2-9(8-10)11-19-12(21)13(20-11)4-6-18-7-5-13;5-3-1-2-4(9-3)10(6,7)8/h1-5,10H,6-9H2,(H,23,24,26);1-3,8,18H,4-7H2,(H,19,20,21);1-2H. The molecule has 0 saturated carbocycles. The summed E-state index contributed by atoms with van der Waals surface area (Å²) in [5.74, 6) is -0.347. The van der Waals surface area contributed by atoms with E-state index in [1.54, 1.807) is 12.1 Å². The zero-order chi connectivity index (χ0) is 44.6. The molecule has 0 radical (unpaired) electrons. The fourth-order valence-electron chi connectivity index (χ4n) is 6.60. The summed E-state index contributed by atoms with van der Waals surface area (Å²) in [7, 11) is -2.16. The van der Waals surface area contributed by atoms with Gasteiger partial charge in [-0.15, -0.1) is 22.7 Å². The summed E-state index contributed by atoms with van der Waals surface area (Å²) in [4.78, 5) is 33.6.